The number of piperidine rings is 1. The largest absolute Gasteiger partial charge is 0.384 e. The van der Waals surface area contributed by atoms with Crippen molar-refractivity contribution >= 4 is 34.4 Å². The highest BCUT2D eigenvalue weighted by molar-refractivity contribution is 14.1. The van der Waals surface area contributed by atoms with Gasteiger partial charge < -0.3 is 10.6 Å². The second-order valence-corrected chi connectivity index (χ2v) is 5.95. The van der Waals surface area contributed by atoms with Crippen LogP contribution in [0, 0.1) is 5.92 Å². The van der Waals surface area contributed by atoms with Gasteiger partial charge in [-0.2, -0.15) is 4.98 Å². The Hall–Kier alpha value is -0.660. The molecule has 1 aromatic heterocycles. The first kappa shape index (κ1) is 11.8. The molecule has 1 aromatic rings. The number of alkyl halides is 2. The molecule has 2 rings (SSSR count). The lowest BCUT2D eigenvalue weighted by Crippen LogP contribution is -2.47. The van der Waals surface area contributed by atoms with E-state index in [0.29, 0.717) is 18.3 Å². The van der Waals surface area contributed by atoms with Gasteiger partial charge >= 0.3 is 0 Å². The molecule has 4 nitrogen and oxygen atoms in total. The Morgan fingerprint density at radius 2 is 2.44 bits per heavy atom. The molecule has 88 valence electrons. The molecule has 0 amide bonds. The fourth-order valence-electron chi connectivity index (χ4n) is 1.73. The van der Waals surface area contributed by atoms with Crippen molar-refractivity contribution in [3.8, 4) is 0 Å². The van der Waals surface area contributed by atoms with E-state index in [4.69, 9.17) is 5.73 Å². The fraction of sp³-hybridized carbons (Fsp3) is 0.600. The Labute approximate surface area is 108 Å². The summed E-state index contributed by atoms with van der Waals surface area (Å²) >= 11 is 1.87. The van der Waals surface area contributed by atoms with Crippen LogP contribution in [0.15, 0.2) is 12.3 Å². The van der Waals surface area contributed by atoms with E-state index >= 15 is 0 Å². The third-order valence-electron chi connectivity index (χ3n) is 2.90. The number of aromatic nitrogens is 2. The number of anilines is 2. The summed E-state index contributed by atoms with van der Waals surface area (Å²) in [5.41, 5.74) is 5.59. The van der Waals surface area contributed by atoms with E-state index in [1.54, 1.807) is 12.3 Å². The molecule has 0 aliphatic carbocycles. The van der Waals surface area contributed by atoms with Gasteiger partial charge in [-0.1, -0.05) is 6.92 Å². The number of hydrogen-bond donors (Lipinski definition) is 1. The minimum Gasteiger partial charge on any atom is -0.384 e. The van der Waals surface area contributed by atoms with E-state index in [9.17, 15) is 4.39 Å². The number of nitrogens with two attached hydrogens (primary N) is 1. The highest BCUT2D eigenvalue weighted by Crippen LogP contribution is 2.37. The number of hydrogen-bond acceptors (Lipinski definition) is 4. The van der Waals surface area contributed by atoms with Gasteiger partial charge in [0.2, 0.25) is 5.95 Å². The molecule has 0 bridgehead atoms. The molecule has 0 saturated carbocycles. The standard InChI is InChI=1S/C10H14FIN4/c1-7-3-5-16(6-10(7,11)12)9-14-4-2-8(13)15-9/h2,4,7H,3,5-6H2,1H3,(H2,13,14,15)/t7-,10-/m0/s1. The Bertz CT molecular complexity index is 385. The maximum Gasteiger partial charge on any atom is 0.227 e. The molecule has 2 heterocycles. The van der Waals surface area contributed by atoms with Gasteiger partial charge in [0, 0.05) is 18.7 Å². The number of rotatable bonds is 1. The summed E-state index contributed by atoms with van der Waals surface area (Å²) in [6.45, 7) is 3.03. The summed E-state index contributed by atoms with van der Waals surface area (Å²) in [4.78, 5) is 10.1. The van der Waals surface area contributed by atoms with Crippen LogP contribution in [0.5, 0.6) is 0 Å². The van der Waals surface area contributed by atoms with Crippen LogP contribution < -0.4 is 10.6 Å². The SMILES string of the molecule is C[C@H]1CCN(c2nccc(N)n2)C[C@]1(F)I. The topological polar surface area (TPSA) is 55.0 Å². The van der Waals surface area contributed by atoms with E-state index in [-0.39, 0.29) is 5.92 Å². The third kappa shape index (κ3) is 2.36. The van der Waals surface area contributed by atoms with Gasteiger partial charge in [-0.15, -0.1) is 0 Å². The van der Waals surface area contributed by atoms with E-state index in [0.717, 1.165) is 13.0 Å². The van der Waals surface area contributed by atoms with E-state index in [2.05, 4.69) is 9.97 Å². The highest BCUT2D eigenvalue weighted by Gasteiger charge is 2.39. The fourth-order valence-corrected chi connectivity index (χ4v) is 2.46. The molecule has 0 spiro atoms. The lowest BCUT2D eigenvalue weighted by Gasteiger charge is -2.38. The number of halogens is 2. The molecule has 0 radical (unpaired) electrons. The lowest BCUT2D eigenvalue weighted by atomic mass is 9.97. The van der Waals surface area contributed by atoms with Crippen LogP contribution in [0.4, 0.5) is 16.2 Å². The number of nitrogen functional groups attached to an aromatic ring is 1. The summed E-state index contributed by atoms with van der Waals surface area (Å²) in [5.74, 6) is 0.998. The van der Waals surface area contributed by atoms with Crippen LogP contribution in [-0.2, 0) is 0 Å². The first-order valence-corrected chi connectivity index (χ1v) is 6.28. The molecule has 6 heteroatoms. The highest BCUT2D eigenvalue weighted by atomic mass is 127. The predicted molar refractivity (Wildman–Crippen MR) is 70.3 cm³/mol. The predicted octanol–water partition coefficient (Wildman–Crippen LogP) is 2.01. The van der Waals surface area contributed by atoms with Crippen LogP contribution in [-0.4, -0.2) is 26.7 Å². The second kappa shape index (κ2) is 4.31. The molecule has 1 saturated heterocycles. The minimum atomic E-state index is -1.22. The van der Waals surface area contributed by atoms with Crippen LogP contribution in [0.25, 0.3) is 0 Å². The van der Waals surface area contributed by atoms with Crippen LogP contribution >= 0.6 is 22.6 Å². The van der Waals surface area contributed by atoms with Gasteiger partial charge in [-0.25, -0.2) is 9.37 Å². The monoisotopic (exact) mass is 336 g/mol. The summed E-state index contributed by atoms with van der Waals surface area (Å²) < 4.78 is 12.9. The van der Waals surface area contributed by atoms with Gasteiger partial charge in [0.15, 0.2) is 3.68 Å². The van der Waals surface area contributed by atoms with Crippen molar-refractivity contribution in [3.05, 3.63) is 12.3 Å². The van der Waals surface area contributed by atoms with Crippen molar-refractivity contribution < 1.29 is 4.39 Å². The van der Waals surface area contributed by atoms with Crippen LogP contribution in [0.1, 0.15) is 13.3 Å². The lowest BCUT2D eigenvalue weighted by molar-refractivity contribution is 0.192. The molecular formula is C10H14FIN4. The van der Waals surface area contributed by atoms with Crippen molar-refractivity contribution in [1.82, 2.24) is 9.97 Å². The smallest absolute Gasteiger partial charge is 0.227 e. The summed E-state index contributed by atoms with van der Waals surface area (Å²) in [6.07, 6.45) is 2.40. The van der Waals surface area contributed by atoms with Crippen molar-refractivity contribution in [3.63, 3.8) is 0 Å². The average molecular weight is 336 g/mol. The minimum absolute atomic E-state index is 0.0606. The normalized spacial score (nSPS) is 30.4. The molecule has 0 aromatic carbocycles. The number of nitrogens with zero attached hydrogens (tertiary/aromatic N) is 3. The Kier molecular flexibility index (Phi) is 3.18. The maximum absolute atomic E-state index is 14.2. The van der Waals surface area contributed by atoms with Gasteiger partial charge in [-0.3, -0.25) is 0 Å². The van der Waals surface area contributed by atoms with Gasteiger partial charge in [0.1, 0.15) is 5.82 Å². The zero-order chi connectivity index (χ0) is 11.8. The summed E-state index contributed by atoms with van der Waals surface area (Å²) in [5, 5.41) is 0. The molecule has 1 aliphatic rings. The van der Waals surface area contributed by atoms with E-state index in [1.165, 1.54) is 0 Å². The summed E-state index contributed by atoms with van der Waals surface area (Å²) in [7, 11) is 0. The zero-order valence-electron chi connectivity index (χ0n) is 9.03. The first-order valence-electron chi connectivity index (χ1n) is 5.20. The molecule has 16 heavy (non-hydrogen) atoms. The Balaban J connectivity index is 2.18. The van der Waals surface area contributed by atoms with Crippen LogP contribution in [0.2, 0.25) is 0 Å². The molecular weight excluding hydrogens is 322 g/mol. The van der Waals surface area contributed by atoms with Crippen molar-refractivity contribution in [1.29, 1.82) is 0 Å². The van der Waals surface area contributed by atoms with Crippen molar-refractivity contribution in [2.45, 2.75) is 17.0 Å². The van der Waals surface area contributed by atoms with Gasteiger partial charge in [0.05, 0.1) is 6.54 Å². The van der Waals surface area contributed by atoms with Gasteiger partial charge in [0.25, 0.3) is 0 Å². The molecule has 2 atom stereocenters. The molecule has 1 fully saturated rings. The summed E-state index contributed by atoms with van der Waals surface area (Å²) in [6, 6.07) is 1.63. The van der Waals surface area contributed by atoms with Gasteiger partial charge in [-0.05, 0) is 35.1 Å². The van der Waals surface area contributed by atoms with Crippen molar-refractivity contribution in [2.75, 3.05) is 23.7 Å². The van der Waals surface area contributed by atoms with Crippen LogP contribution in [0.3, 0.4) is 0 Å². The average Bonchev–Trinajstić information content (AvgIpc) is 2.22. The zero-order valence-corrected chi connectivity index (χ0v) is 11.2. The quantitative estimate of drug-likeness (QED) is 0.630. The van der Waals surface area contributed by atoms with E-state index in [1.807, 2.05) is 34.4 Å². The second-order valence-electron chi connectivity index (χ2n) is 4.15. The molecule has 0 unspecified atom stereocenters. The van der Waals surface area contributed by atoms with E-state index < -0.39 is 3.68 Å². The Morgan fingerprint density at radius 3 is 3.06 bits per heavy atom. The molecule has 2 N–H and O–H groups in total. The third-order valence-corrected chi connectivity index (χ3v) is 4.31. The van der Waals surface area contributed by atoms with Crippen molar-refractivity contribution in [2.24, 2.45) is 5.92 Å². The Morgan fingerprint density at radius 1 is 1.69 bits per heavy atom. The maximum atomic E-state index is 14.2. The molecule has 1 aliphatic heterocycles. The first-order chi connectivity index (χ1) is 7.49.